The Bertz CT molecular complexity index is 846. The number of oxime groups is 1. The van der Waals surface area contributed by atoms with Gasteiger partial charge in [-0.15, -0.1) is 0 Å². The van der Waals surface area contributed by atoms with Crippen molar-refractivity contribution in [1.29, 1.82) is 5.26 Å². The molecule has 0 radical (unpaired) electrons. The highest BCUT2D eigenvalue weighted by Crippen LogP contribution is 2.35. The van der Waals surface area contributed by atoms with Crippen LogP contribution < -0.4 is 4.74 Å². The fourth-order valence-electron chi connectivity index (χ4n) is 1.63. The molecule has 0 N–H and O–H groups in total. The summed E-state index contributed by atoms with van der Waals surface area (Å²) in [5.41, 5.74) is -0.464. The highest BCUT2D eigenvalue weighted by atomic mass is 79.9. The molecule has 25 heavy (non-hydrogen) atoms. The molecule has 0 saturated carbocycles. The molecule has 0 amide bonds. The quantitative estimate of drug-likeness (QED) is 0.182. The van der Waals surface area contributed by atoms with Crippen LogP contribution in [0, 0.1) is 11.3 Å². The maximum Gasteiger partial charge on any atom is 0.371 e. The zero-order valence-corrected chi connectivity index (χ0v) is 16.9. The van der Waals surface area contributed by atoms with Gasteiger partial charge in [-0.25, -0.2) is 4.79 Å². The largest absolute Gasteiger partial charge is 0.420 e. The highest BCUT2D eigenvalue weighted by molar-refractivity contribution is 9.11. The monoisotopic (exact) mass is 504 g/mol. The van der Waals surface area contributed by atoms with E-state index >= 15 is 0 Å². The number of hydrogen-bond donors (Lipinski definition) is 0. The summed E-state index contributed by atoms with van der Waals surface area (Å²) >= 11 is 18.2. The Morgan fingerprint density at radius 1 is 1.28 bits per heavy atom. The summed E-state index contributed by atoms with van der Waals surface area (Å²) in [6.07, 6.45) is 1.33. The van der Waals surface area contributed by atoms with Gasteiger partial charge in [-0.2, -0.15) is 5.26 Å². The molecule has 1 atom stereocenters. The summed E-state index contributed by atoms with van der Waals surface area (Å²) in [6, 6.07) is 12.0. The minimum atomic E-state index is -1.46. The molecule has 1 unspecified atom stereocenters. The normalized spacial score (nSPS) is 11.8. The van der Waals surface area contributed by atoms with Crippen molar-refractivity contribution in [3.63, 3.8) is 0 Å². The van der Waals surface area contributed by atoms with E-state index in [1.807, 2.05) is 6.07 Å². The third-order valence-electron chi connectivity index (χ3n) is 2.77. The molecule has 0 spiro atoms. The fraction of sp³-hybridized carbons (Fsp3) is 0.0625. The molecule has 0 aliphatic carbocycles. The maximum atomic E-state index is 12.0. The van der Waals surface area contributed by atoms with E-state index < -0.39 is 11.5 Å². The van der Waals surface area contributed by atoms with Crippen molar-refractivity contribution < 1.29 is 14.4 Å². The molecule has 0 aromatic heterocycles. The number of nitriles is 1. The standard InChI is InChI=1S/C16H8Br2Cl2N2O3/c17-11-5-9(7-21)6-12(18)14(11)24-16(23)15(20)25-22-8-10-3-1-2-4-13(10)19/h1-6,8,15H. The molecule has 5 nitrogen and oxygen atoms in total. The number of nitrogens with zero attached hydrogens (tertiary/aromatic N) is 2. The molecule has 0 heterocycles. The van der Waals surface area contributed by atoms with E-state index in [2.05, 4.69) is 37.0 Å². The number of carbonyl (C=O) groups is 1. The predicted molar refractivity (Wildman–Crippen MR) is 102 cm³/mol. The van der Waals surface area contributed by atoms with Crippen LogP contribution in [0.4, 0.5) is 0 Å². The number of benzene rings is 2. The highest BCUT2D eigenvalue weighted by Gasteiger charge is 2.22. The Morgan fingerprint density at radius 2 is 1.92 bits per heavy atom. The van der Waals surface area contributed by atoms with Crippen LogP contribution in [0.15, 0.2) is 50.5 Å². The topological polar surface area (TPSA) is 71.7 Å². The fourth-order valence-corrected chi connectivity index (χ4v) is 3.26. The minimum Gasteiger partial charge on any atom is -0.420 e. The molecular formula is C16H8Br2Cl2N2O3. The predicted octanol–water partition coefficient (Wildman–Crippen LogP) is 5.26. The first-order valence-electron chi connectivity index (χ1n) is 6.61. The van der Waals surface area contributed by atoms with E-state index in [1.165, 1.54) is 18.3 Å². The van der Waals surface area contributed by atoms with Crippen molar-refractivity contribution >= 4 is 67.2 Å². The lowest BCUT2D eigenvalue weighted by molar-refractivity contribution is -0.142. The Balaban J connectivity index is 2.02. The lowest BCUT2D eigenvalue weighted by Crippen LogP contribution is -2.22. The summed E-state index contributed by atoms with van der Waals surface area (Å²) in [5.74, 6) is -0.697. The Hall–Kier alpha value is -1.59. The van der Waals surface area contributed by atoms with Gasteiger partial charge in [-0.05, 0) is 50.1 Å². The second-order valence-electron chi connectivity index (χ2n) is 4.48. The summed E-state index contributed by atoms with van der Waals surface area (Å²) in [5, 5.41) is 13.0. The van der Waals surface area contributed by atoms with Crippen LogP contribution in [0.3, 0.4) is 0 Å². The van der Waals surface area contributed by atoms with Gasteiger partial charge < -0.3 is 9.57 Å². The number of hydrogen-bond acceptors (Lipinski definition) is 5. The lowest BCUT2D eigenvalue weighted by atomic mass is 10.2. The van der Waals surface area contributed by atoms with Crippen LogP contribution in [0.5, 0.6) is 5.75 Å². The first kappa shape index (κ1) is 19.7. The lowest BCUT2D eigenvalue weighted by Gasteiger charge is -2.11. The van der Waals surface area contributed by atoms with Crippen LogP contribution in [-0.4, -0.2) is 17.7 Å². The summed E-state index contributed by atoms with van der Waals surface area (Å²) in [7, 11) is 0. The number of halogens is 4. The second kappa shape index (κ2) is 9.20. The van der Waals surface area contributed by atoms with Crippen LogP contribution in [0.2, 0.25) is 5.02 Å². The summed E-state index contributed by atoms with van der Waals surface area (Å²) in [4.78, 5) is 16.9. The Morgan fingerprint density at radius 3 is 2.52 bits per heavy atom. The van der Waals surface area contributed by atoms with Gasteiger partial charge in [0, 0.05) is 10.6 Å². The van der Waals surface area contributed by atoms with Gasteiger partial charge in [-0.1, -0.05) is 46.6 Å². The Kier molecular flexibility index (Phi) is 7.26. The van der Waals surface area contributed by atoms with E-state index in [9.17, 15) is 4.79 Å². The number of rotatable bonds is 5. The first-order chi connectivity index (χ1) is 11.9. The third kappa shape index (κ3) is 5.44. The van der Waals surface area contributed by atoms with Crippen molar-refractivity contribution in [2.75, 3.05) is 0 Å². The van der Waals surface area contributed by atoms with Crippen molar-refractivity contribution in [2.24, 2.45) is 5.16 Å². The second-order valence-corrected chi connectivity index (χ2v) is 6.99. The molecule has 0 aliphatic rings. The minimum absolute atomic E-state index is 0.174. The molecule has 0 bridgehead atoms. The van der Waals surface area contributed by atoms with Crippen LogP contribution >= 0.6 is 55.1 Å². The van der Waals surface area contributed by atoms with Crippen molar-refractivity contribution in [3.05, 3.63) is 61.5 Å². The number of alkyl halides is 1. The van der Waals surface area contributed by atoms with Gasteiger partial charge in [0.1, 0.15) is 0 Å². The SMILES string of the molecule is N#Cc1cc(Br)c(OC(=O)C(Cl)ON=Cc2ccccc2Cl)c(Br)c1. The molecular weight excluding hydrogens is 499 g/mol. The molecule has 0 saturated heterocycles. The van der Waals surface area contributed by atoms with Gasteiger partial charge in [0.15, 0.2) is 5.75 Å². The van der Waals surface area contributed by atoms with Crippen molar-refractivity contribution in [1.82, 2.24) is 0 Å². The van der Waals surface area contributed by atoms with Crippen molar-refractivity contribution in [3.8, 4) is 11.8 Å². The average molecular weight is 507 g/mol. The molecule has 2 rings (SSSR count). The molecule has 0 fully saturated rings. The average Bonchev–Trinajstić information content (AvgIpc) is 2.59. The van der Waals surface area contributed by atoms with Crippen LogP contribution in [-0.2, 0) is 9.63 Å². The van der Waals surface area contributed by atoms with E-state index in [0.29, 0.717) is 25.1 Å². The molecule has 128 valence electrons. The number of ether oxygens (including phenoxy) is 1. The zero-order valence-electron chi connectivity index (χ0n) is 12.2. The third-order valence-corrected chi connectivity index (χ3v) is 4.55. The smallest absolute Gasteiger partial charge is 0.371 e. The van der Waals surface area contributed by atoms with E-state index in [1.54, 1.807) is 24.3 Å². The van der Waals surface area contributed by atoms with E-state index in [4.69, 9.17) is 38.0 Å². The maximum absolute atomic E-state index is 12.0. The summed E-state index contributed by atoms with van der Waals surface area (Å²) in [6.45, 7) is 0. The van der Waals surface area contributed by atoms with Gasteiger partial charge in [0.25, 0.3) is 5.56 Å². The van der Waals surface area contributed by atoms with Crippen LogP contribution in [0.25, 0.3) is 0 Å². The van der Waals surface area contributed by atoms with Gasteiger partial charge in [-0.3, -0.25) is 0 Å². The molecule has 9 heteroatoms. The number of carbonyl (C=O) groups excluding carboxylic acids is 1. The van der Waals surface area contributed by atoms with E-state index in [-0.39, 0.29) is 5.75 Å². The summed E-state index contributed by atoms with van der Waals surface area (Å²) < 4.78 is 5.99. The van der Waals surface area contributed by atoms with Gasteiger partial charge in [0.05, 0.1) is 26.8 Å². The first-order valence-corrected chi connectivity index (χ1v) is 9.01. The molecule has 0 aliphatic heterocycles. The molecule has 2 aromatic carbocycles. The number of esters is 1. The van der Waals surface area contributed by atoms with E-state index in [0.717, 1.165) is 0 Å². The van der Waals surface area contributed by atoms with Crippen LogP contribution in [0.1, 0.15) is 11.1 Å². The van der Waals surface area contributed by atoms with Crippen molar-refractivity contribution in [2.45, 2.75) is 5.56 Å². The molecule has 2 aromatic rings. The van der Waals surface area contributed by atoms with Gasteiger partial charge in [0.2, 0.25) is 0 Å². The zero-order chi connectivity index (χ0) is 18.4. The van der Waals surface area contributed by atoms with Gasteiger partial charge >= 0.3 is 5.97 Å². The Labute approximate surface area is 170 Å².